The standard InChI is InChI=1S/C23H32F5NO3/c1-3-17-11-19(32-23(28,15-26)22(27,13-24)14-25)9-10-20(17)29(4-2)12-16-5-7-18(8-6-16)21(30)31/h9-11,16,18H,3-8,12-15H2,1-2H3,(H,30,31)/t16-,18-,23?. The molecule has 1 fully saturated rings. The molecule has 0 bridgehead atoms. The fourth-order valence-corrected chi connectivity index (χ4v) is 4.18. The maximum Gasteiger partial charge on any atom is 0.315 e. The van der Waals surface area contributed by atoms with Gasteiger partial charge in [0.2, 0.25) is 5.67 Å². The van der Waals surface area contributed by atoms with Gasteiger partial charge in [0.05, 0.1) is 5.92 Å². The SMILES string of the molecule is CCc1cc(OC(F)(CF)C(F)(CF)CF)ccc1N(CC)C[C@H]1CC[C@H](C(=O)O)CC1. The van der Waals surface area contributed by atoms with E-state index in [1.807, 2.05) is 13.8 Å². The molecule has 0 aromatic heterocycles. The van der Waals surface area contributed by atoms with E-state index in [0.717, 1.165) is 24.1 Å². The van der Waals surface area contributed by atoms with Gasteiger partial charge in [0, 0.05) is 18.8 Å². The summed E-state index contributed by atoms with van der Waals surface area (Å²) in [6.45, 7) is -0.948. The molecular weight excluding hydrogens is 433 g/mol. The van der Waals surface area contributed by atoms with Crippen LogP contribution in [0.15, 0.2) is 18.2 Å². The number of aliphatic carboxylic acids is 1. The molecule has 0 aliphatic heterocycles. The number of hydrogen-bond acceptors (Lipinski definition) is 3. The number of carboxylic acids is 1. The summed E-state index contributed by atoms with van der Waals surface area (Å²) < 4.78 is 72.9. The first-order valence-corrected chi connectivity index (χ1v) is 11.0. The Labute approximate surface area is 185 Å². The lowest BCUT2D eigenvalue weighted by molar-refractivity contribution is -0.197. The summed E-state index contributed by atoms with van der Waals surface area (Å²) in [4.78, 5) is 13.3. The number of ether oxygens (including phenoxy) is 1. The number of benzene rings is 1. The van der Waals surface area contributed by atoms with Crippen molar-refractivity contribution in [1.82, 2.24) is 0 Å². The minimum atomic E-state index is -3.78. The Morgan fingerprint density at radius 2 is 1.72 bits per heavy atom. The molecule has 0 spiro atoms. The van der Waals surface area contributed by atoms with Crippen LogP contribution in [0.25, 0.3) is 0 Å². The zero-order valence-electron chi connectivity index (χ0n) is 18.6. The fraction of sp³-hybridized carbons (Fsp3) is 0.696. The largest absolute Gasteiger partial charge is 0.481 e. The quantitative estimate of drug-likeness (QED) is 0.407. The van der Waals surface area contributed by atoms with Crippen molar-refractivity contribution in [3.05, 3.63) is 23.8 Å². The molecular formula is C23H32F5NO3. The minimum Gasteiger partial charge on any atom is -0.481 e. The van der Waals surface area contributed by atoms with Crippen LogP contribution in [-0.4, -0.2) is 55.7 Å². The van der Waals surface area contributed by atoms with Crippen molar-refractivity contribution in [1.29, 1.82) is 0 Å². The number of carboxylic acid groups (broad SMARTS) is 1. The lowest BCUT2D eigenvalue weighted by Gasteiger charge is -2.35. The molecule has 32 heavy (non-hydrogen) atoms. The molecule has 9 heteroatoms. The van der Waals surface area contributed by atoms with Crippen LogP contribution in [0, 0.1) is 11.8 Å². The van der Waals surface area contributed by atoms with E-state index in [0.29, 0.717) is 38.3 Å². The van der Waals surface area contributed by atoms with E-state index in [-0.39, 0.29) is 11.7 Å². The molecule has 1 aromatic rings. The van der Waals surface area contributed by atoms with Gasteiger partial charge >= 0.3 is 11.8 Å². The van der Waals surface area contributed by atoms with Gasteiger partial charge in [0.1, 0.15) is 19.1 Å². The average Bonchev–Trinajstić information content (AvgIpc) is 2.82. The summed E-state index contributed by atoms with van der Waals surface area (Å²) in [6, 6.07) is 4.41. The number of anilines is 1. The highest BCUT2D eigenvalue weighted by atomic mass is 19.2. The number of carbonyl (C=O) groups is 1. The van der Waals surface area contributed by atoms with Crippen LogP contribution in [0.1, 0.15) is 45.1 Å². The highest BCUT2D eigenvalue weighted by Crippen LogP contribution is 2.37. The van der Waals surface area contributed by atoms with E-state index >= 15 is 0 Å². The minimum absolute atomic E-state index is 0.215. The molecule has 0 radical (unpaired) electrons. The predicted octanol–water partition coefficient (Wildman–Crippen LogP) is 5.63. The monoisotopic (exact) mass is 465 g/mol. The van der Waals surface area contributed by atoms with Crippen LogP contribution >= 0.6 is 0 Å². The lowest BCUT2D eigenvalue weighted by Crippen LogP contribution is -2.56. The second-order valence-corrected chi connectivity index (χ2v) is 8.44. The summed E-state index contributed by atoms with van der Waals surface area (Å²) in [5, 5.41) is 9.17. The normalized spacial score (nSPS) is 21.1. The molecule has 2 rings (SSSR count). The molecule has 1 aliphatic carbocycles. The van der Waals surface area contributed by atoms with Crippen molar-refractivity contribution in [2.45, 2.75) is 57.5 Å². The van der Waals surface area contributed by atoms with Gasteiger partial charge in [-0.05, 0) is 68.7 Å². The predicted molar refractivity (Wildman–Crippen MR) is 113 cm³/mol. The molecule has 1 aliphatic rings. The van der Waals surface area contributed by atoms with Crippen molar-refractivity contribution in [3.8, 4) is 5.75 Å². The van der Waals surface area contributed by atoms with E-state index in [2.05, 4.69) is 4.90 Å². The van der Waals surface area contributed by atoms with E-state index in [1.54, 1.807) is 6.07 Å². The number of halogens is 5. The van der Waals surface area contributed by atoms with Gasteiger partial charge in [-0.3, -0.25) is 4.79 Å². The first-order valence-electron chi connectivity index (χ1n) is 11.0. The van der Waals surface area contributed by atoms with E-state index in [4.69, 9.17) is 9.84 Å². The van der Waals surface area contributed by atoms with Gasteiger partial charge in [-0.25, -0.2) is 17.6 Å². The number of rotatable bonds is 12. The van der Waals surface area contributed by atoms with Crippen molar-refractivity contribution in [3.63, 3.8) is 0 Å². The Morgan fingerprint density at radius 1 is 1.09 bits per heavy atom. The Balaban J connectivity index is 2.19. The van der Waals surface area contributed by atoms with Crippen LogP contribution in [-0.2, 0) is 11.2 Å². The third-order valence-corrected chi connectivity index (χ3v) is 6.37. The van der Waals surface area contributed by atoms with Crippen LogP contribution in [0.2, 0.25) is 0 Å². The Kier molecular flexibility index (Phi) is 9.16. The number of nitrogens with zero attached hydrogens (tertiary/aromatic N) is 1. The first kappa shape index (κ1) is 26.2. The molecule has 1 aromatic carbocycles. The van der Waals surface area contributed by atoms with Crippen molar-refractivity contribution < 1.29 is 36.6 Å². The van der Waals surface area contributed by atoms with Gasteiger partial charge in [0.15, 0.2) is 6.67 Å². The summed E-state index contributed by atoms with van der Waals surface area (Å²) >= 11 is 0. The Morgan fingerprint density at radius 3 is 2.19 bits per heavy atom. The van der Waals surface area contributed by atoms with Crippen LogP contribution in [0.5, 0.6) is 5.75 Å². The molecule has 0 heterocycles. The molecule has 182 valence electrons. The molecule has 4 nitrogen and oxygen atoms in total. The molecule has 0 saturated heterocycles. The summed E-state index contributed by atoms with van der Waals surface area (Å²) in [7, 11) is 0. The highest BCUT2D eigenvalue weighted by Gasteiger charge is 2.57. The van der Waals surface area contributed by atoms with E-state index < -0.39 is 37.5 Å². The zero-order chi connectivity index (χ0) is 23.9. The Hall–Kier alpha value is -2.06. The van der Waals surface area contributed by atoms with Gasteiger partial charge in [-0.15, -0.1) is 0 Å². The Bertz CT molecular complexity index is 753. The lowest BCUT2D eigenvalue weighted by atomic mass is 9.81. The molecule has 0 amide bonds. The maximum absolute atomic E-state index is 14.7. The van der Waals surface area contributed by atoms with Crippen molar-refractivity contribution in [2.24, 2.45) is 11.8 Å². The fourth-order valence-electron chi connectivity index (χ4n) is 4.18. The third kappa shape index (κ3) is 5.64. The molecule has 1 unspecified atom stereocenters. The summed E-state index contributed by atoms with van der Waals surface area (Å²) in [5.74, 6) is -4.72. The molecule has 1 atom stereocenters. The first-order chi connectivity index (χ1) is 15.2. The van der Waals surface area contributed by atoms with Crippen LogP contribution in [0.4, 0.5) is 27.6 Å². The number of aryl methyl sites for hydroxylation is 1. The maximum atomic E-state index is 14.7. The zero-order valence-corrected chi connectivity index (χ0v) is 18.6. The second-order valence-electron chi connectivity index (χ2n) is 8.44. The van der Waals surface area contributed by atoms with E-state index in [9.17, 15) is 26.7 Å². The van der Waals surface area contributed by atoms with E-state index in [1.165, 1.54) is 12.1 Å². The number of hydrogen-bond donors (Lipinski definition) is 1. The summed E-state index contributed by atoms with van der Waals surface area (Å²) in [5.41, 5.74) is -2.17. The third-order valence-electron chi connectivity index (χ3n) is 6.37. The highest BCUT2D eigenvalue weighted by molar-refractivity contribution is 5.70. The number of alkyl halides is 5. The van der Waals surface area contributed by atoms with Gasteiger partial charge in [-0.2, -0.15) is 4.39 Å². The van der Waals surface area contributed by atoms with Gasteiger partial charge < -0.3 is 14.7 Å². The van der Waals surface area contributed by atoms with Crippen molar-refractivity contribution in [2.75, 3.05) is 38.0 Å². The second kappa shape index (κ2) is 11.2. The van der Waals surface area contributed by atoms with Gasteiger partial charge in [-0.1, -0.05) is 6.92 Å². The molecule has 1 N–H and O–H groups in total. The van der Waals surface area contributed by atoms with Crippen LogP contribution in [0.3, 0.4) is 0 Å². The van der Waals surface area contributed by atoms with Crippen molar-refractivity contribution >= 4 is 11.7 Å². The van der Waals surface area contributed by atoms with Crippen LogP contribution < -0.4 is 9.64 Å². The smallest absolute Gasteiger partial charge is 0.315 e. The summed E-state index contributed by atoms with van der Waals surface area (Å²) in [6.07, 6.45) is 3.41. The molecule has 1 saturated carbocycles. The average molecular weight is 466 g/mol. The topological polar surface area (TPSA) is 49.8 Å². The van der Waals surface area contributed by atoms with Gasteiger partial charge in [0.25, 0.3) is 0 Å².